The van der Waals surface area contributed by atoms with Crippen molar-refractivity contribution in [1.82, 2.24) is 0 Å². The van der Waals surface area contributed by atoms with Crippen molar-refractivity contribution in [3.63, 3.8) is 0 Å². The van der Waals surface area contributed by atoms with Gasteiger partial charge in [-0.3, -0.25) is 0 Å². The second-order valence-corrected chi connectivity index (χ2v) is 25.6. The average molecular weight is 685 g/mol. The Morgan fingerprint density at radius 2 is 0.622 bits per heavy atom. The van der Waals surface area contributed by atoms with E-state index in [0.717, 1.165) is 0 Å². The molecule has 0 heterocycles. The summed E-state index contributed by atoms with van der Waals surface area (Å²) < 4.78 is 7.59. The summed E-state index contributed by atoms with van der Waals surface area (Å²) in [5, 5.41) is 2.94. The van der Waals surface area contributed by atoms with Crippen molar-refractivity contribution in [2.24, 2.45) is 0 Å². The third kappa shape index (κ3) is 17.7. The highest BCUT2D eigenvalue weighted by molar-refractivity contribution is 9.09. The summed E-state index contributed by atoms with van der Waals surface area (Å²) >= 11 is 7.09. The zero-order valence-corrected chi connectivity index (χ0v) is 31.9. The van der Waals surface area contributed by atoms with Crippen LogP contribution in [-0.4, -0.2) is 27.3 Å². The van der Waals surface area contributed by atoms with Gasteiger partial charge in [-0.15, -0.1) is 0 Å². The van der Waals surface area contributed by atoms with Crippen LogP contribution in [0.25, 0.3) is 0 Å². The van der Waals surface area contributed by atoms with E-state index in [2.05, 4.69) is 86.5 Å². The molecule has 0 spiro atoms. The first-order chi connectivity index (χ1) is 17.3. The lowest BCUT2D eigenvalue weighted by molar-refractivity contribution is 0.424. The molecule has 0 aliphatic rings. The van der Waals surface area contributed by atoms with Crippen molar-refractivity contribution in [2.45, 2.75) is 192 Å². The minimum atomic E-state index is -1.83. The van der Waals surface area contributed by atoms with Gasteiger partial charge in [0.2, 0.25) is 0 Å². The molecule has 2 unspecified atom stereocenters. The minimum Gasteiger partial charge on any atom is -0.454 e. The van der Waals surface area contributed by atoms with Crippen LogP contribution in [0, 0.1) is 0 Å². The van der Waals surface area contributed by atoms with E-state index in [1.54, 1.807) is 0 Å². The van der Waals surface area contributed by atoms with Crippen LogP contribution in [0.15, 0.2) is 0 Å². The van der Waals surface area contributed by atoms with Crippen molar-refractivity contribution in [1.29, 1.82) is 0 Å². The summed E-state index contributed by atoms with van der Waals surface area (Å²) in [7, 11) is -3.66. The van der Waals surface area contributed by atoms with Gasteiger partial charge in [0.1, 0.15) is 0 Å². The van der Waals surface area contributed by atoms with Crippen LogP contribution in [0.5, 0.6) is 0 Å². The number of alkyl halides is 2. The number of rotatable bonds is 24. The van der Waals surface area contributed by atoms with Crippen LogP contribution in [0.3, 0.4) is 0 Å². The molecule has 224 valence electrons. The van der Waals surface area contributed by atoms with Crippen LogP contribution in [-0.2, 0) is 4.12 Å². The fourth-order valence-electron chi connectivity index (χ4n) is 5.24. The van der Waals surface area contributed by atoms with Crippen LogP contribution in [0.1, 0.15) is 157 Å². The molecule has 0 saturated heterocycles. The van der Waals surface area contributed by atoms with E-state index >= 15 is 0 Å². The molecule has 1 nitrogen and oxygen atoms in total. The van der Waals surface area contributed by atoms with E-state index < -0.39 is 16.6 Å². The number of hydrogen-bond donors (Lipinski definition) is 0. The van der Waals surface area contributed by atoms with Crippen LogP contribution in [0.2, 0.25) is 35.3 Å². The highest BCUT2D eigenvalue weighted by atomic mass is 79.9. The molecule has 0 aromatic rings. The number of halogens is 2. The van der Waals surface area contributed by atoms with Crippen molar-refractivity contribution in [3.05, 3.63) is 0 Å². The normalized spacial score (nSPS) is 16.1. The molecular formula is C32H68Br2OSi2. The van der Waals surface area contributed by atoms with Crippen molar-refractivity contribution < 1.29 is 4.12 Å². The van der Waals surface area contributed by atoms with E-state index in [9.17, 15) is 0 Å². The Bertz CT molecular complexity index is 486. The molecular weight excluding hydrogens is 616 g/mol. The molecule has 0 rings (SSSR count). The second-order valence-electron chi connectivity index (χ2n) is 14.3. The first-order valence-electron chi connectivity index (χ1n) is 16.1. The molecule has 0 aromatic heterocycles. The average Bonchev–Trinajstić information content (AvgIpc) is 2.80. The van der Waals surface area contributed by atoms with Gasteiger partial charge in [0.05, 0.1) is 0 Å². The standard InChI is InChI=1S/C32H68Br2OSi2/c1-31(2,3)36(7,29-25-21-17-13-9-11-15-19-23-27-33)35-37(8,32(4,5)6)30-26-22-18-14-10-12-16-20-24-28-34/h9-30H2,1-8H3. The Balaban J connectivity index is 4.63. The van der Waals surface area contributed by atoms with E-state index in [-0.39, 0.29) is 0 Å². The minimum absolute atomic E-state index is 0.302. The molecule has 0 aromatic carbocycles. The Labute approximate surface area is 254 Å². The van der Waals surface area contributed by atoms with E-state index in [0.29, 0.717) is 10.1 Å². The second kappa shape index (κ2) is 21.1. The lowest BCUT2D eigenvalue weighted by Crippen LogP contribution is -2.56. The molecule has 0 saturated carbocycles. The summed E-state index contributed by atoms with van der Waals surface area (Å²) in [6.07, 6.45) is 25.2. The lowest BCUT2D eigenvalue weighted by Gasteiger charge is -2.50. The quantitative estimate of drug-likeness (QED) is 0.0559. The summed E-state index contributed by atoms with van der Waals surface area (Å²) in [5.74, 6) is 0. The van der Waals surface area contributed by atoms with Gasteiger partial charge >= 0.3 is 0 Å². The Hall–Kier alpha value is 1.35. The Morgan fingerprint density at radius 1 is 0.405 bits per heavy atom. The van der Waals surface area contributed by atoms with Gasteiger partial charge in [-0.2, -0.15) is 0 Å². The fourth-order valence-corrected chi connectivity index (χ4v) is 16.6. The van der Waals surface area contributed by atoms with Gasteiger partial charge in [0.15, 0.2) is 16.6 Å². The van der Waals surface area contributed by atoms with Crippen molar-refractivity contribution in [2.75, 3.05) is 10.7 Å². The maximum absolute atomic E-state index is 7.59. The lowest BCUT2D eigenvalue weighted by atomic mass is 10.1. The molecule has 0 fully saturated rings. The number of unbranched alkanes of at least 4 members (excludes halogenated alkanes) is 16. The molecule has 0 aliphatic heterocycles. The van der Waals surface area contributed by atoms with E-state index in [4.69, 9.17) is 4.12 Å². The Kier molecular flexibility index (Phi) is 21.9. The topological polar surface area (TPSA) is 9.23 Å². The highest BCUT2D eigenvalue weighted by Gasteiger charge is 2.50. The van der Waals surface area contributed by atoms with Crippen LogP contribution >= 0.6 is 31.9 Å². The molecule has 0 bridgehead atoms. The molecule has 37 heavy (non-hydrogen) atoms. The predicted octanol–water partition coefficient (Wildman–Crippen LogP) is 13.6. The van der Waals surface area contributed by atoms with Crippen LogP contribution < -0.4 is 0 Å². The van der Waals surface area contributed by atoms with Crippen molar-refractivity contribution >= 4 is 48.5 Å². The van der Waals surface area contributed by atoms with Gasteiger partial charge < -0.3 is 4.12 Å². The fraction of sp³-hybridized carbons (Fsp3) is 1.00. The van der Waals surface area contributed by atoms with Crippen LogP contribution in [0.4, 0.5) is 0 Å². The molecule has 0 amide bonds. The van der Waals surface area contributed by atoms with Gasteiger partial charge in [-0.25, -0.2) is 0 Å². The molecule has 5 heteroatoms. The molecule has 0 aliphatic carbocycles. The van der Waals surface area contributed by atoms with E-state index in [1.165, 1.54) is 138 Å². The summed E-state index contributed by atoms with van der Waals surface area (Å²) in [6, 6.07) is 2.69. The summed E-state index contributed by atoms with van der Waals surface area (Å²) in [6.45, 7) is 20.0. The maximum Gasteiger partial charge on any atom is 0.182 e. The van der Waals surface area contributed by atoms with Gasteiger partial charge in [0.25, 0.3) is 0 Å². The highest BCUT2D eigenvalue weighted by Crippen LogP contribution is 2.49. The third-order valence-electron chi connectivity index (χ3n) is 9.20. The zero-order valence-electron chi connectivity index (χ0n) is 26.7. The first kappa shape index (κ1) is 38.4. The van der Waals surface area contributed by atoms with Gasteiger partial charge in [-0.1, -0.05) is 176 Å². The predicted molar refractivity (Wildman–Crippen MR) is 184 cm³/mol. The smallest absolute Gasteiger partial charge is 0.182 e. The van der Waals surface area contributed by atoms with E-state index in [1.807, 2.05) is 0 Å². The Morgan fingerprint density at radius 3 is 0.838 bits per heavy atom. The summed E-state index contributed by atoms with van der Waals surface area (Å²) in [4.78, 5) is 0. The largest absolute Gasteiger partial charge is 0.454 e. The van der Waals surface area contributed by atoms with Crippen molar-refractivity contribution in [3.8, 4) is 0 Å². The zero-order chi connectivity index (χ0) is 28.3. The maximum atomic E-state index is 7.59. The monoisotopic (exact) mass is 682 g/mol. The first-order valence-corrected chi connectivity index (χ1v) is 23.6. The molecule has 0 N–H and O–H groups in total. The SMILES string of the molecule is CC(C)(C)[Si](C)(CCCCCCCCCCCBr)O[Si](C)(CCCCCCCCCCCBr)C(C)(C)C. The molecule has 2 atom stereocenters. The third-order valence-corrected chi connectivity index (χ3v) is 22.9. The molecule has 0 radical (unpaired) electrons. The van der Waals surface area contributed by atoms with Gasteiger partial charge in [-0.05, 0) is 48.1 Å². The summed E-state index contributed by atoms with van der Waals surface area (Å²) in [5.41, 5.74) is 0. The number of hydrogen-bond acceptors (Lipinski definition) is 1. The van der Waals surface area contributed by atoms with Gasteiger partial charge in [0, 0.05) is 10.7 Å².